The number of hydrogen-bond donors (Lipinski definition) is 2. The van der Waals surface area contributed by atoms with E-state index in [1.54, 1.807) is 0 Å². The van der Waals surface area contributed by atoms with E-state index in [4.69, 9.17) is 23.8 Å². The van der Waals surface area contributed by atoms with Crippen molar-refractivity contribution in [2.24, 2.45) is 0 Å². The van der Waals surface area contributed by atoms with Crippen LogP contribution in [0.15, 0.2) is 42.7 Å². The Bertz CT molecular complexity index is 883. The number of nitrogens with one attached hydrogen (secondary N) is 2. The zero-order chi connectivity index (χ0) is 18.5. The lowest BCUT2D eigenvalue weighted by Gasteiger charge is -2.08. The normalized spacial score (nSPS) is 10.7. The summed E-state index contributed by atoms with van der Waals surface area (Å²) >= 11 is 11.3. The first kappa shape index (κ1) is 18.4. The average molecular weight is 389 g/mol. The molecule has 8 heteroatoms. The second-order valence-corrected chi connectivity index (χ2v) is 6.77. The predicted octanol–water partition coefficient (Wildman–Crippen LogP) is 3.60. The van der Waals surface area contributed by atoms with Crippen LogP contribution in [0.5, 0.6) is 0 Å². The second kappa shape index (κ2) is 8.33. The van der Waals surface area contributed by atoms with Crippen LogP contribution in [0.3, 0.4) is 0 Å². The Labute approximate surface area is 163 Å². The van der Waals surface area contributed by atoms with Crippen molar-refractivity contribution in [3.05, 3.63) is 64.6 Å². The van der Waals surface area contributed by atoms with Crippen molar-refractivity contribution in [1.82, 2.24) is 24.9 Å². The maximum absolute atomic E-state index is 5.91. The van der Waals surface area contributed by atoms with Crippen molar-refractivity contribution >= 4 is 34.7 Å². The zero-order valence-electron chi connectivity index (χ0n) is 14.7. The first-order chi connectivity index (χ1) is 12.5. The number of aromatic nitrogens is 4. The fourth-order valence-electron chi connectivity index (χ4n) is 2.52. The summed E-state index contributed by atoms with van der Waals surface area (Å²) in [6.45, 7) is 6.22. The highest BCUT2D eigenvalue weighted by Gasteiger charge is 2.06. The van der Waals surface area contributed by atoms with Gasteiger partial charge in [-0.3, -0.25) is 9.36 Å². The van der Waals surface area contributed by atoms with Crippen molar-refractivity contribution in [1.29, 1.82) is 0 Å². The first-order valence-electron chi connectivity index (χ1n) is 8.39. The summed E-state index contributed by atoms with van der Waals surface area (Å²) in [7, 11) is 0. The summed E-state index contributed by atoms with van der Waals surface area (Å²) in [5.41, 5.74) is 3.27. The molecule has 6 nitrogen and oxygen atoms in total. The molecule has 0 aliphatic heterocycles. The standard InChI is InChI=1S/C18H21ClN6S/c1-3-24-12-15(13(2)22-24)10-20-18(26)21-17-8-9-25(23-17)11-14-4-6-16(19)7-5-14/h4-9,12H,3,10-11H2,1-2H3,(H2,20,21,23,26). The quantitative estimate of drug-likeness (QED) is 0.632. The number of benzene rings is 1. The monoisotopic (exact) mass is 388 g/mol. The Balaban J connectivity index is 1.52. The lowest BCUT2D eigenvalue weighted by molar-refractivity contribution is 0.653. The molecule has 1 aromatic carbocycles. The Morgan fingerprint density at radius 2 is 1.92 bits per heavy atom. The number of aryl methyl sites for hydroxylation is 2. The Morgan fingerprint density at radius 3 is 2.62 bits per heavy atom. The van der Waals surface area contributed by atoms with Gasteiger partial charge in [0, 0.05) is 42.1 Å². The van der Waals surface area contributed by atoms with Crippen molar-refractivity contribution in [2.75, 3.05) is 5.32 Å². The van der Waals surface area contributed by atoms with Crippen LogP contribution in [0.4, 0.5) is 5.82 Å². The van der Waals surface area contributed by atoms with Crippen LogP contribution in [-0.4, -0.2) is 24.7 Å². The molecule has 0 saturated heterocycles. The van der Waals surface area contributed by atoms with Crippen LogP contribution in [0.1, 0.15) is 23.7 Å². The Kier molecular flexibility index (Phi) is 5.90. The van der Waals surface area contributed by atoms with E-state index in [0.29, 0.717) is 24.0 Å². The summed E-state index contributed by atoms with van der Waals surface area (Å²) in [4.78, 5) is 0. The van der Waals surface area contributed by atoms with E-state index >= 15 is 0 Å². The average Bonchev–Trinajstić information content (AvgIpc) is 3.21. The molecule has 0 spiro atoms. The molecule has 0 bridgehead atoms. The molecule has 0 radical (unpaired) electrons. The number of anilines is 1. The van der Waals surface area contributed by atoms with E-state index in [2.05, 4.69) is 27.8 Å². The zero-order valence-corrected chi connectivity index (χ0v) is 16.3. The molecule has 0 amide bonds. The molecule has 2 heterocycles. The molecule has 0 saturated carbocycles. The largest absolute Gasteiger partial charge is 0.358 e. The van der Waals surface area contributed by atoms with Gasteiger partial charge in [0.15, 0.2) is 10.9 Å². The molecule has 0 atom stereocenters. The minimum Gasteiger partial charge on any atom is -0.358 e. The molecule has 2 aromatic heterocycles. The van der Waals surface area contributed by atoms with Crippen LogP contribution in [0, 0.1) is 6.92 Å². The first-order valence-corrected chi connectivity index (χ1v) is 9.18. The van der Waals surface area contributed by atoms with Gasteiger partial charge in [-0.05, 0) is 43.8 Å². The highest BCUT2D eigenvalue weighted by Crippen LogP contribution is 2.11. The lowest BCUT2D eigenvalue weighted by atomic mass is 10.2. The fraction of sp³-hybridized carbons (Fsp3) is 0.278. The fourth-order valence-corrected chi connectivity index (χ4v) is 2.83. The van der Waals surface area contributed by atoms with Crippen molar-refractivity contribution in [3.8, 4) is 0 Å². The van der Waals surface area contributed by atoms with E-state index in [1.165, 1.54) is 0 Å². The van der Waals surface area contributed by atoms with Gasteiger partial charge in [0.1, 0.15) is 0 Å². The molecule has 0 unspecified atom stereocenters. The number of hydrogen-bond acceptors (Lipinski definition) is 3. The number of rotatable bonds is 6. The molecule has 0 aliphatic rings. The van der Waals surface area contributed by atoms with Gasteiger partial charge in [0.05, 0.1) is 12.2 Å². The lowest BCUT2D eigenvalue weighted by Crippen LogP contribution is -2.28. The van der Waals surface area contributed by atoms with Gasteiger partial charge in [-0.1, -0.05) is 23.7 Å². The smallest absolute Gasteiger partial charge is 0.172 e. The van der Waals surface area contributed by atoms with Crippen molar-refractivity contribution in [3.63, 3.8) is 0 Å². The molecule has 2 N–H and O–H groups in total. The summed E-state index contributed by atoms with van der Waals surface area (Å²) in [6, 6.07) is 9.62. The van der Waals surface area contributed by atoms with Crippen LogP contribution >= 0.6 is 23.8 Å². The van der Waals surface area contributed by atoms with E-state index in [0.717, 1.165) is 28.4 Å². The summed E-state index contributed by atoms with van der Waals surface area (Å²) in [5, 5.41) is 16.5. The number of halogens is 1. The van der Waals surface area contributed by atoms with Gasteiger partial charge in [-0.2, -0.15) is 10.2 Å². The maximum Gasteiger partial charge on any atom is 0.172 e. The number of nitrogens with zero attached hydrogens (tertiary/aromatic N) is 4. The van der Waals surface area contributed by atoms with E-state index in [1.807, 2.05) is 59.0 Å². The molecular formula is C18H21ClN6S. The van der Waals surface area contributed by atoms with Crippen LogP contribution in [0.25, 0.3) is 0 Å². The summed E-state index contributed by atoms with van der Waals surface area (Å²) in [6.07, 6.45) is 3.95. The van der Waals surface area contributed by atoms with Gasteiger partial charge in [-0.25, -0.2) is 0 Å². The molecular weight excluding hydrogens is 368 g/mol. The minimum atomic E-state index is 0.533. The van der Waals surface area contributed by atoms with E-state index < -0.39 is 0 Å². The molecule has 26 heavy (non-hydrogen) atoms. The van der Waals surface area contributed by atoms with Crippen LogP contribution < -0.4 is 10.6 Å². The molecule has 0 fully saturated rings. The Hall–Kier alpha value is -2.38. The second-order valence-electron chi connectivity index (χ2n) is 5.93. The van der Waals surface area contributed by atoms with Gasteiger partial charge in [0.25, 0.3) is 0 Å². The topological polar surface area (TPSA) is 59.7 Å². The predicted molar refractivity (Wildman–Crippen MR) is 108 cm³/mol. The third kappa shape index (κ3) is 4.83. The molecule has 3 aromatic rings. The Morgan fingerprint density at radius 1 is 1.15 bits per heavy atom. The van der Waals surface area contributed by atoms with Gasteiger partial charge in [-0.15, -0.1) is 0 Å². The third-order valence-corrected chi connectivity index (χ3v) is 4.45. The van der Waals surface area contributed by atoms with Crippen LogP contribution in [0.2, 0.25) is 5.02 Å². The van der Waals surface area contributed by atoms with Crippen LogP contribution in [-0.2, 0) is 19.6 Å². The van der Waals surface area contributed by atoms with Gasteiger partial charge < -0.3 is 10.6 Å². The van der Waals surface area contributed by atoms with Gasteiger partial charge >= 0.3 is 0 Å². The maximum atomic E-state index is 5.91. The van der Waals surface area contributed by atoms with E-state index in [9.17, 15) is 0 Å². The van der Waals surface area contributed by atoms with Crippen molar-refractivity contribution < 1.29 is 0 Å². The third-order valence-electron chi connectivity index (χ3n) is 3.95. The number of thiocarbonyl (C=S) groups is 1. The van der Waals surface area contributed by atoms with Crippen molar-refractivity contribution in [2.45, 2.75) is 33.5 Å². The highest BCUT2D eigenvalue weighted by molar-refractivity contribution is 7.80. The summed E-state index contributed by atoms with van der Waals surface area (Å²) in [5.74, 6) is 0.706. The van der Waals surface area contributed by atoms with Gasteiger partial charge in [0.2, 0.25) is 0 Å². The summed E-state index contributed by atoms with van der Waals surface area (Å²) < 4.78 is 3.77. The highest BCUT2D eigenvalue weighted by atomic mass is 35.5. The molecule has 136 valence electrons. The molecule has 3 rings (SSSR count). The molecule has 0 aliphatic carbocycles. The van der Waals surface area contributed by atoms with E-state index in [-0.39, 0.29) is 0 Å². The SMILES string of the molecule is CCn1cc(CNC(=S)Nc2ccn(Cc3ccc(Cl)cc3)n2)c(C)n1. The minimum absolute atomic E-state index is 0.533.